The van der Waals surface area contributed by atoms with Crippen molar-refractivity contribution in [1.82, 2.24) is 15.4 Å². The van der Waals surface area contributed by atoms with Gasteiger partial charge < -0.3 is 20.1 Å². The van der Waals surface area contributed by atoms with Crippen LogP contribution in [0.25, 0.3) is 0 Å². The summed E-state index contributed by atoms with van der Waals surface area (Å²) in [4.78, 5) is 36.6. The van der Waals surface area contributed by atoms with Crippen molar-refractivity contribution in [2.45, 2.75) is 50.7 Å². The van der Waals surface area contributed by atoms with E-state index in [1.54, 1.807) is 31.2 Å². The molecule has 0 aliphatic heterocycles. The van der Waals surface area contributed by atoms with Crippen molar-refractivity contribution in [3.05, 3.63) is 65.7 Å². The molecule has 0 bridgehead atoms. The third-order valence-electron chi connectivity index (χ3n) is 5.08. The van der Waals surface area contributed by atoms with Crippen molar-refractivity contribution in [2.24, 2.45) is 0 Å². The van der Waals surface area contributed by atoms with Crippen LogP contribution in [0.4, 0.5) is 4.79 Å². The summed E-state index contributed by atoms with van der Waals surface area (Å²) in [7, 11) is -3.64. The molecule has 0 radical (unpaired) electrons. The molecule has 0 aliphatic rings. The van der Waals surface area contributed by atoms with E-state index in [0.717, 1.165) is 11.1 Å². The van der Waals surface area contributed by atoms with Crippen LogP contribution < -0.4 is 15.4 Å². The molecule has 2 aromatic carbocycles. The van der Waals surface area contributed by atoms with Gasteiger partial charge in [0.2, 0.25) is 15.9 Å². The number of aryl methyl sites for hydroxylation is 1. The maximum absolute atomic E-state index is 12.6. The smallest absolute Gasteiger partial charge is 0.408 e. The molecule has 11 heteroatoms. The largest absolute Gasteiger partial charge is 0.465 e. The summed E-state index contributed by atoms with van der Waals surface area (Å²) in [5, 5.41) is 4.96. The molecule has 2 amide bonds. The number of alkyl carbamates (subject to hydrolysis) is 1. The highest BCUT2D eigenvalue weighted by Crippen LogP contribution is 2.10. The van der Waals surface area contributed by atoms with Gasteiger partial charge in [-0.2, -0.15) is 0 Å². The molecule has 2 rings (SSSR count). The lowest BCUT2D eigenvalue weighted by molar-refractivity contribution is -0.143. The summed E-state index contributed by atoms with van der Waals surface area (Å²) in [6.45, 7) is 3.56. The number of esters is 1. The van der Waals surface area contributed by atoms with Crippen molar-refractivity contribution in [1.29, 1.82) is 0 Å². The highest BCUT2D eigenvalue weighted by atomic mass is 32.2. The van der Waals surface area contributed by atoms with Crippen LogP contribution >= 0.6 is 0 Å². The molecule has 0 saturated carbocycles. The number of rotatable bonds is 14. The number of sulfonamides is 1. The highest BCUT2D eigenvalue weighted by Gasteiger charge is 2.22. The SMILES string of the molecule is CCOC(=O)CNC(=O)C(CCCCNS(=O)(=O)c1ccc(C)cc1)NC(=O)OCc1ccccc1. The summed E-state index contributed by atoms with van der Waals surface area (Å²) >= 11 is 0. The fraction of sp³-hybridized carbons (Fsp3) is 0.400. The van der Waals surface area contributed by atoms with Gasteiger partial charge in [0.25, 0.3) is 0 Å². The Morgan fingerprint density at radius 2 is 1.64 bits per heavy atom. The van der Waals surface area contributed by atoms with Crippen LogP contribution in [-0.4, -0.2) is 52.1 Å². The number of nitrogens with one attached hydrogen (secondary N) is 3. The van der Waals surface area contributed by atoms with E-state index in [1.807, 2.05) is 25.1 Å². The Labute approximate surface area is 211 Å². The fourth-order valence-electron chi connectivity index (χ4n) is 3.15. The number of unbranched alkanes of at least 4 members (excludes halogenated alkanes) is 1. The Balaban J connectivity index is 1.86. The van der Waals surface area contributed by atoms with Crippen molar-refractivity contribution in [3.63, 3.8) is 0 Å². The maximum Gasteiger partial charge on any atom is 0.408 e. The number of hydrogen-bond acceptors (Lipinski definition) is 7. The van der Waals surface area contributed by atoms with Crippen LogP contribution in [0.3, 0.4) is 0 Å². The minimum Gasteiger partial charge on any atom is -0.465 e. The van der Waals surface area contributed by atoms with Crippen LogP contribution in [0.2, 0.25) is 0 Å². The average molecular weight is 520 g/mol. The van der Waals surface area contributed by atoms with E-state index in [0.29, 0.717) is 12.8 Å². The van der Waals surface area contributed by atoms with Gasteiger partial charge in [0.1, 0.15) is 19.2 Å². The molecule has 0 aromatic heterocycles. The van der Waals surface area contributed by atoms with Crippen LogP contribution in [0.5, 0.6) is 0 Å². The molecule has 2 aromatic rings. The molecule has 0 spiro atoms. The summed E-state index contributed by atoms with van der Waals surface area (Å²) in [5.74, 6) is -1.17. The van der Waals surface area contributed by atoms with Gasteiger partial charge in [-0.1, -0.05) is 48.0 Å². The van der Waals surface area contributed by atoms with E-state index in [1.165, 1.54) is 12.1 Å². The first-order valence-electron chi connectivity index (χ1n) is 11.7. The number of carbonyl (C=O) groups is 3. The van der Waals surface area contributed by atoms with Gasteiger partial charge in [-0.3, -0.25) is 9.59 Å². The molecular weight excluding hydrogens is 486 g/mol. The summed E-state index contributed by atoms with van der Waals surface area (Å²) in [6, 6.07) is 14.6. The zero-order valence-electron chi connectivity index (χ0n) is 20.5. The second kappa shape index (κ2) is 14.8. The van der Waals surface area contributed by atoms with E-state index in [4.69, 9.17) is 9.47 Å². The third kappa shape index (κ3) is 10.4. The quantitative estimate of drug-likeness (QED) is 0.257. The predicted octanol–water partition coefficient (Wildman–Crippen LogP) is 2.42. The number of amides is 2. The Morgan fingerprint density at radius 1 is 0.944 bits per heavy atom. The number of ether oxygens (including phenoxy) is 2. The van der Waals surface area contributed by atoms with Crippen molar-refractivity contribution in [3.8, 4) is 0 Å². The van der Waals surface area contributed by atoms with Gasteiger partial charge in [-0.25, -0.2) is 17.9 Å². The summed E-state index contributed by atoms with van der Waals surface area (Å²) in [6.07, 6.45) is 0.275. The van der Waals surface area contributed by atoms with Gasteiger partial charge in [0.15, 0.2) is 0 Å². The number of carbonyl (C=O) groups excluding carboxylic acids is 3. The first-order chi connectivity index (χ1) is 17.2. The standard InChI is InChI=1S/C25H33N3O7S/c1-3-34-23(29)17-26-24(30)22(28-25(31)35-18-20-9-5-4-6-10-20)11-7-8-16-27-36(32,33)21-14-12-19(2)13-15-21/h4-6,9-10,12-15,22,27H,3,7-8,11,16-18H2,1-2H3,(H,26,30)(H,28,31). The zero-order valence-corrected chi connectivity index (χ0v) is 21.3. The lowest BCUT2D eigenvalue weighted by Crippen LogP contribution is -2.48. The maximum atomic E-state index is 12.6. The Hall–Kier alpha value is -3.44. The topological polar surface area (TPSA) is 140 Å². The minimum absolute atomic E-state index is 0.0324. The summed E-state index contributed by atoms with van der Waals surface area (Å²) < 4.78 is 37.3. The lowest BCUT2D eigenvalue weighted by Gasteiger charge is -2.18. The highest BCUT2D eigenvalue weighted by molar-refractivity contribution is 7.89. The van der Waals surface area contributed by atoms with E-state index in [9.17, 15) is 22.8 Å². The molecule has 0 fully saturated rings. The van der Waals surface area contributed by atoms with Crippen molar-refractivity contribution >= 4 is 28.0 Å². The molecule has 1 atom stereocenters. The van der Waals surface area contributed by atoms with Gasteiger partial charge >= 0.3 is 12.1 Å². The van der Waals surface area contributed by atoms with Crippen molar-refractivity contribution in [2.75, 3.05) is 19.7 Å². The number of benzene rings is 2. The third-order valence-corrected chi connectivity index (χ3v) is 6.55. The molecule has 3 N–H and O–H groups in total. The van der Waals surface area contributed by atoms with Crippen LogP contribution in [0.15, 0.2) is 59.5 Å². The van der Waals surface area contributed by atoms with Gasteiger partial charge in [0, 0.05) is 6.54 Å². The van der Waals surface area contributed by atoms with Gasteiger partial charge in [-0.05, 0) is 50.8 Å². The molecular formula is C25H33N3O7S. The van der Waals surface area contributed by atoms with Crippen molar-refractivity contribution < 1.29 is 32.3 Å². The van der Waals surface area contributed by atoms with Gasteiger partial charge in [-0.15, -0.1) is 0 Å². The monoisotopic (exact) mass is 519 g/mol. The fourth-order valence-corrected chi connectivity index (χ4v) is 4.23. The summed E-state index contributed by atoms with van der Waals surface area (Å²) in [5.41, 5.74) is 1.74. The van der Waals surface area contributed by atoms with E-state index in [2.05, 4.69) is 15.4 Å². The lowest BCUT2D eigenvalue weighted by atomic mass is 10.1. The molecule has 0 heterocycles. The van der Waals surface area contributed by atoms with Crippen LogP contribution in [0.1, 0.15) is 37.3 Å². The molecule has 196 valence electrons. The Bertz CT molecular complexity index is 1090. The van der Waals surface area contributed by atoms with Gasteiger partial charge in [0.05, 0.1) is 11.5 Å². The average Bonchev–Trinajstić information content (AvgIpc) is 2.86. The number of hydrogen-bond donors (Lipinski definition) is 3. The molecule has 10 nitrogen and oxygen atoms in total. The zero-order chi connectivity index (χ0) is 26.4. The Morgan fingerprint density at radius 3 is 2.31 bits per heavy atom. The Kier molecular flexibility index (Phi) is 11.9. The first kappa shape index (κ1) is 28.8. The van der Waals surface area contributed by atoms with Crippen LogP contribution in [-0.2, 0) is 35.7 Å². The molecule has 0 aliphatic carbocycles. The van der Waals surface area contributed by atoms with E-state index in [-0.39, 0.29) is 37.6 Å². The predicted molar refractivity (Wildman–Crippen MR) is 133 cm³/mol. The normalized spacial score (nSPS) is 11.8. The van der Waals surface area contributed by atoms with E-state index < -0.39 is 34.0 Å². The van der Waals surface area contributed by atoms with Crippen LogP contribution in [0, 0.1) is 6.92 Å². The molecule has 0 saturated heterocycles. The minimum atomic E-state index is -3.64. The second-order valence-corrected chi connectivity index (χ2v) is 9.76. The molecule has 36 heavy (non-hydrogen) atoms. The second-order valence-electron chi connectivity index (χ2n) is 7.99. The van der Waals surface area contributed by atoms with E-state index >= 15 is 0 Å². The first-order valence-corrected chi connectivity index (χ1v) is 13.2. The molecule has 1 unspecified atom stereocenters.